The molecule has 0 bridgehead atoms. The van der Waals surface area contributed by atoms with E-state index in [0.29, 0.717) is 6.54 Å². The SMILES string of the molecule is COC(C(=O)OC[C@H]1CCC[C@@H](C)N1Cc1ccccc1)(c1ccccc1)C(F)(F)F. The average molecular weight is 435 g/mol. The molecular formula is C24H28F3NO3. The zero-order chi connectivity index (χ0) is 22.5. The summed E-state index contributed by atoms with van der Waals surface area (Å²) >= 11 is 0. The van der Waals surface area contributed by atoms with Crippen molar-refractivity contribution in [3.63, 3.8) is 0 Å². The van der Waals surface area contributed by atoms with E-state index in [1.807, 2.05) is 30.3 Å². The number of alkyl halides is 3. The van der Waals surface area contributed by atoms with Crippen LogP contribution in [0.1, 0.15) is 37.3 Å². The second kappa shape index (κ2) is 9.83. The fraction of sp³-hybridized carbons (Fsp3) is 0.458. The van der Waals surface area contributed by atoms with Crippen molar-refractivity contribution >= 4 is 5.97 Å². The van der Waals surface area contributed by atoms with Crippen molar-refractivity contribution in [2.75, 3.05) is 13.7 Å². The third kappa shape index (κ3) is 4.93. The van der Waals surface area contributed by atoms with Crippen LogP contribution in [0.15, 0.2) is 60.7 Å². The minimum atomic E-state index is -4.97. The smallest absolute Gasteiger partial charge is 0.432 e. The molecule has 1 heterocycles. The minimum Gasteiger partial charge on any atom is -0.461 e. The Balaban J connectivity index is 1.79. The third-order valence-electron chi connectivity index (χ3n) is 5.98. The Labute approximate surface area is 181 Å². The summed E-state index contributed by atoms with van der Waals surface area (Å²) in [6, 6.07) is 16.9. The van der Waals surface area contributed by atoms with Gasteiger partial charge in [-0.3, -0.25) is 4.90 Å². The first kappa shape index (κ1) is 23.3. The molecule has 4 nitrogen and oxygen atoms in total. The Hall–Kier alpha value is -2.38. The van der Waals surface area contributed by atoms with E-state index in [1.54, 1.807) is 6.07 Å². The predicted octanol–water partition coefficient (Wildman–Crippen LogP) is 5.08. The van der Waals surface area contributed by atoms with Crippen molar-refractivity contribution in [3.05, 3.63) is 71.8 Å². The molecule has 0 saturated carbocycles. The summed E-state index contributed by atoms with van der Waals surface area (Å²) in [5, 5.41) is 0. The molecule has 1 fully saturated rings. The normalized spacial score (nSPS) is 22.0. The fourth-order valence-corrected chi connectivity index (χ4v) is 4.26. The Morgan fingerprint density at radius 1 is 1.03 bits per heavy atom. The zero-order valence-electron chi connectivity index (χ0n) is 17.8. The molecular weight excluding hydrogens is 407 g/mol. The van der Waals surface area contributed by atoms with Gasteiger partial charge in [0, 0.05) is 31.3 Å². The van der Waals surface area contributed by atoms with Crippen LogP contribution >= 0.6 is 0 Å². The third-order valence-corrected chi connectivity index (χ3v) is 5.98. The number of carbonyl (C=O) groups excluding carboxylic acids is 1. The van der Waals surface area contributed by atoms with Gasteiger partial charge in [0.1, 0.15) is 6.61 Å². The van der Waals surface area contributed by atoms with Gasteiger partial charge in [0.25, 0.3) is 5.60 Å². The first-order chi connectivity index (χ1) is 14.8. The number of hydrogen-bond donors (Lipinski definition) is 0. The molecule has 1 aliphatic rings. The summed E-state index contributed by atoms with van der Waals surface area (Å²) in [5.41, 5.74) is -2.34. The number of benzene rings is 2. The molecule has 0 radical (unpaired) electrons. The van der Waals surface area contributed by atoms with Gasteiger partial charge in [-0.1, -0.05) is 67.1 Å². The van der Waals surface area contributed by atoms with Crippen LogP contribution in [0, 0.1) is 0 Å². The highest BCUT2D eigenvalue weighted by Gasteiger charge is 2.64. The first-order valence-corrected chi connectivity index (χ1v) is 10.4. The summed E-state index contributed by atoms with van der Waals surface area (Å²) in [6.07, 6.45) is -2.29. The van der Waals surface area contributed by atoms with E-state index >= 15 is 0 Å². The maximum Gasteiger partial charge on any atom is 0.432 e. The van der Waals surface area contributed by atoms with Gasteiger partial charge < -0.3 is 9.47 Å². The quantitative estimate of drug-likeness (QED) is 0.569. The van der Waals surface area contributed by atoms with Crippen molar-refractivity contribution in [1.29, 1.82) is 0 Å². The average Bonchev–Trinajstić information content (AvgIpc) is 2.75. The van der Waals surface area contributed by atoms with Crippen molar-refractivity contribution in [3.8, 4) is 0 Å². The van der Waals surface area contributed by atoms with Crippen LogP contribution in [0.4, 0.5) is 13.2 Å². The van der Waals surface area contributed by atoms with Crippen molar-refractivity contribution in [2.45, 2.75) is 56.6 Å². The van der Waals surface area contributed by atoms with Gasteiger partial charge in [0.2, 0.25) is 0 Å². The largest absolute Gasteiger partial charge is 0.461 e. The molecule has 7 heteroatoms. The standard InChI is InChI=1S/C24H28F3NO3/c1-18-10-9-15-21(28(18)16-19-11-5-3-6-12-19)17-31-22(29)23(30-2,24(25,26)27)20-13-7-4-8-14-20/h3-8,11-14,18,21H,9-10,15-17H2,1-2H3/t18-,21-,23?/m1/s1. The van der Waals surface area contributed by atoms with Crippen LogP contribution in [0.5, 0.6) is 0 Å². The number of methoxy groups -OCH3 is 1. The molecule has 31 heavy (non-hydrogen) atoms. The zero-order valence-corrected chi connectivity index (χ0v) is 17.8. The molecule has 0 aromatic heterocycles. The number of hydrogen-bond acceptors (Lipinski definition) is 4. The Morgan fingerprint density at radius 2 is 1.65 bits per heavy atom. The Kier molecular flexibility index (Phi) is 7.38. The molecule has 2 aromatic rings. The number of piperidine rings is 1. The summed E-state index contributed by atoms with van der Waals surface area (Å²) < 4.78 is 52.3. The summed E-state index contributed by atoms with van der Waals surface area (Å²) in [4.78, 5) is 15.1. The second-order valence-corrected chi connectivity index (χ2v) is 7.94. The lowest BCUT2D eigenvalue weighted by atomic mass is 9.92. The number of nitrogens with zero attached hydrogens (tertiary/aromatic N) is 1. The van der Waals surface area contributed by atoms with Gasteiger partial charge in [0.05, 0.1) is 0 Å². The van der Waals surface area contributed by atoms with Gasteiger partial charge in [-0.25, -0.2) is 4.79 Å². The summed E-state index contributed by atoms with van der Waals surface area (Å²) in [7, 11) is 0.881. The maximum atomic E-state index is 14.1. The lowest BCUT2D eigenvalue weighted by Crippen LogP contribution is -2.53. The predicted molar refractivity (Wildman–Crippen MR) is 111 cm³/mol. The molecule has 3 atom stereocenters. The van der Waals surface area contributed by atoms with E-state index in [4.69, 9.17) is 9.47 Å². The molecule has 0 N–H and O–H groups in total. The van der Waals surface area contributed by atoms with E-state index in [0.717, 1.165) is 31.9 Å². The number of carbonyl (C=O) groups is 1. The molecule has 3 rings (SSSR count). The van der Waals surface area contributed by atoms with Gasteiger partial charge in [-0.15, -0.1) is 0 Å². The van der Waals surface area contributed by atoms with E-state index < -0.39 is 17.7 Å². The number of halogens is 3. The maximum absolute atomic E-state index is 14.1. The number of likely N-dealkylation sites (tertiary alicyclic amines) is 1. The van der Waals surface area contributed by atoms with Crippen LogP contribution in [-0.4, -0.2) is 42.8 Å². The molecule has 1 unspecified atom stereocenters. The van der Waals surface area contributed by atoms with Crippen molar-refractivity contribution < 1.29 is 27.4 Å². The summed E-state index contributed by atoms with van der Waals surface area (Å²) in [6.45, 7) is 2.62. The minimum absolute atomic E-state index is 0.121. The van der Waals surface area contributed by atoms with Crippen LogP contribution in [0.2, 0.25) is 0 Å². The van der Waals surface area contributed by atoms with E-state index in [2.05, 4.69) is 11.8 Å². The van der Waals surface area contributed by atoms with Crippen LogP contribution in [0.25, 0.3) is 0 Å². The van der Waals surface area contributed by atoms with Crippen LogP contribution < -0.4 is 0 Å². The van der Waals surface area contributed by atoms with Crippen LogP contribution in [0.3, 0.4) is 0 Å². The summed E-state index contributed by atoms with van der Waals surface area (Å²) in [5.74, 6) is -1.44. The lowest BCUT2D eigenvalue weighted by Gasteiger charge is -2.41. The fourth-order valence-electron chi connectivity index (χ4n) is 4.26. The van der Waals surface area contributed by atoms with Crippen molar-refractivity contribution in [2.24, 2.45) is 0 Å². The Bertz CT molecular complexity index is 844. The molecule has 0 aliphatic carbocycles. The van der Waals surface area contributed by atoms with Crippen molar-refractivity contribution in [1.82, 2.24) is 4.90 Å². The first-order valence-electron chi connectivity index (χ1n) is 10.4. The lowest BCUT2D eigenvalue weighted by molar-refractivity contribution is -0.277. The van der Waals surface area contributed by atoms with E-state index in [-0.39, 0.29) is 24.3 Å². The highest BCUT2D eigenvalue weighted by Crippen LogP contribution is 2.43. The highest BCUT2D eigenvalue weighted by atomic mass is 19.4. The van der Waals surface area contributed by atoms with E-state index in [9.17, 15) is 18.0 Å². The molecule has 2 aromatic carbocycles. The molecule has 0 spiro atoms. The number of rotatable bonds is 7. The molecule has 1 saturated heterocycles. The van der Waals surface area contributed by atoms with Crippen LogP contribution in [-0.2, 0) is 26.4 Å². The molecule has 0 amide bonds. The highest BCUT2D eigenvalue weighted by molar-refractivity contribution is 5.82. The topological polar surface area (TPSA) is 38.8 Å². The molecule has 168 valence electrons. The van der Waals surface area contributed by atoms with Gasteiger partial charge in [-0.05, 0) is 25.3 Å². The van der Waals surface area contributed by atoms with Gasteiger partial charge in [-0.2, -0.15) is 13.2 Å². The van der Waals surface area contributed by atoms with Gasteiger partial charge in [0.15, 0.2) is 0 Å². The number of ether oxygens (including phenoxy) is 2. The van der Waals surface area contributed by atoms with Gasteiger partial charge >= 0.3 is 12.1 Å². The monoisotopic (exact) mass is 435 g/mol. The number of esters is 1. The Morgan fingerprint density at radius 3 is 2.23 bits per heavy atom. The molecule has 1 aliphatic heterocycles. The van der Waals surface area contributed by atoms with E-state index in [1.165, 1.54) is 24.3 Å². The second-order valence-electron chi connectivity index (χ2n) is 7.94.